The van der Waals surface area contributed by atoms with Gasteiger partial charge in [-0.15, -0.1) is 0 Å². The third-order valence-electron chi connectivity index (χ3n) is 2.80. The van der Waals surface area contributed by atoms with E-state index >= 15 is 0 Å². The number of hydrogen-bond donors (Lipinski definition) is 1. The molecular formula is C11H9BrN2O2. The zero-order valence-corrected chi connectivity index (χ0v) is 9.95. The molecule has 1 heterocycles. The monoisotopic (exact) mass is 280 g/mol. The second-order valence-corrected chi connectivity index (χ2v) is 4.94. The van der Waals surface area contributed by atoms with Gasteiger partial charge in [0.15, 0.2) is 0 Å². The second-order valence-electron chi connectivity index (χ2n) is 4.03. The van der Waals surface area contributed by atoms with Gasteiger partial charge in [-0.25, -0.2) is 4.79 Å². The summed E-state index contributed by atoms with van der Waals surface area (Å²) < 4.78 is 2.18. The molecule has 1 aliphatic rings. The van der Waals surface area contributed by atoms with Gasteiger partial charge in [0.1, 0.15) is 0 Å². The maximum Gasteiger partial charge on any atom is 0.329 e. The molecule has 0 aliphatic heterocycles. The highest BCUT2D eigenvalue weighted by Gasteiger charge is 2.27. The minimum atomic E-state index is -0.307. The number of aromatic amines is 1. The molecule has 0 radical (unpaired) electrons. The van der Waals surface area contributed by atoms with Gasteiger partial charge in [0.25, 0.3) is 5.56 Å². The van der Waals surface area contributed by atoms with Gasteiger partial charge in [-0.1, -0.05) is 15.9 Å². The maximum atomic E-state index is 12.1. The smallest absolute Gasteiger partial charge is 0.307 e. The Bertz CT molecular complexity index is 682. The summed E-state index contributed by atoms with van der Waals surface area (Å²) in [6, 6.07) is 5.38. The fourth-order valence-electron chi connectivity index (χ4n) is 1.87. The van der Waals surface area contributed by atoms with E-state index in [4.69, 9.17) is 0 Å². The first-order valence-corrected chi connectivity index (χ1v) is 5.90. The third-order valence-corrected chi connectivity index (χ3v) is 3.30. The Morgan fingerprint density at radius 2 is 2.06 bits per heavy atom. The van der Waals surface area contributed by atoms with Gasteiger partial charge in [-0.2, -0.15) is 0 Å². The molecule has 1 aliphatic carbocycles. The van der Waals surface area contributed by atoms with Crippen molar-refractivity contribution in [2.24, 2.45) is 0 Å². The molecule has 0 bridgehead atoms. The molecule has 82 valence electrons. The van der Waals surface area contributed by atoms with Crippen molar-refractivity contribution >= 4 is 26.8 Å². The summed E-state index contributed by atoms with van der Waals surface area (Å²) in [6.07, 6.45) is 1.84. The molecule has 1 aromatic carbocycles. The molecule has 1 N–H and O–H groups in total. The Kier molecular flexibility index (Phi) is 2.04. The lowest BCUT2D eigenvalue weighted by Gasteiger charge is -2.04. The zero-order chi connectivity index (χ0) is 11.3. The van der Waals surface area contributed by atoms with E-state index < -0.39 is 0 Å². The molecular weight excluding hydrogens is 272 g/mol. The summed E-state index contributed by atoms with van der Waals surface area (Å²) in [4.78, 5) is 26.5. The van der Waals surface area contributed by atoms with Crippen LogP contribution >= 0.6 is 15.9 Å². The normalized spacial score (nSPS) is 15.6. The third kappa shape index (κ3) is 1.43. The van der Waals surface area contributed by atoms with Crippen LogP contribution in [0, 0.1) is 0 Å². The first-order chi connectivity index (χ1) is 7.66. The van der Waals surface area contributed by atoms with E-state index in [0.29, 0.717) is 10.9 Å². The number of rotatable bonds is 1. The van der Waals surface area contributed by atoms with E-state index in [1.807, 2.05) is 0 Å². The lowest BCUT2D eigenvalue weighted by molar-refractivity contribution is 0.666. The van der Waals surface area contributed by atoms with Crippen molar-refractivity contribution in [1.82, 2.24) is 9.55 Å². The highest BCUT2D eigenvalue weighted by molar-refractivity contribution is 9.10. The minimum Gasteiger partial charge on any atom is -0.307 e. The van der Waals surface area contributed by atoms with Crippen LogP contribution in [0.1, 0.15) is 18.9 Å². The first-order valence-electron chi connectivity index (χ1n) is 5.11. The van der Waals surface area contributed by atoms with Crippen LogP contribution in [0.15, 0.2) is 32.3 Å². The lowest BCUT2D eigenvalue weighted by atomic mass is 10.2. The van der Waals surface area contributed by atoms with Crippen LogP contribution in [0.4, 0.5) is 0 Å². The predicted molar refractivity (Wildman–Crippen MR) is 64.8 cm³/mol. The van der Waals surface area contributed by atoms with Gasteiger partial charge in [0.2, 0.25) is 0 Å². The molecule has 3 rings (SSSR count). The Morgan fingerprint density at radius 1 is 1.31 bits per heavy atom. The number of aromatic nitrogens is 2. The van der Waals surface area contributed by atoms with Crippen molar-refractivity contribution in [3.8, 4) is 0 Å². The highest BCUT2D eigenvalue weighted by Crippen LogP contribution is 2.32. The van der Waals surface area contributed by atoms with Crippen LogP contribution in [-0.2, 0) is 0 Å². The molecule has 16 heavy (non-hydrogen) atoms. The van der Waals surface area contributed by atoms with Crippen LogP contribution in [0.3, 0.4) is 0 Å². The number of nitrogens with zero attached hydrogens (tertiary/aromatic N) is 1. The van der Waals surface area contributed by atoms with Gasteiger partial charge in [-0.3, -0.25) is 9.36 Å². The standard InChI is InChI=1S/C11H9BrN2O2/c12-6-1-4-8-9(5-6)13-11(16)14(10(8)15)7-2-3-7/h1,4-5,7H,2-3H2,(H,13,16). The molecule has 0 atom stereocenters. The summed E-state index contributed by atoms with van der Waals surface area (Å²) in [5, 5.41) is 0.565. The topological polar surface area (TPSA) is 54.9 Å². The molecule has 0 spiro atoms. The molecule has 4 nitrogen and oxygen atoms in total. The van der Waals surface area contributed by atoms with Crippen molar-refractivity contribution in [2.75, 3.05) is 0 Å². The van der Waals surface area contributed by atoms with Gasteiger partial charge < -0.3 is 4.98 Å². The summed E-state index contributed by atoms with van der Waals surface area (Å²) in [7, 11) is 0. The Balaban J connectivity index is 2.43. The summed E-state index contributed by atoms with van der Waals surface area (Å²) in [6.45, 7) is 0. The van der Waals surface area contributed by atoms with Crippen LogP contribution in [0.2, 0.25) is 0 Å². The van der Waals surface area contributed by atoms with E-state index in [1.54, 1.807) is 18.2 Å². The van der Waals surface area contributed by atoms with Crippen LogP contribution in [0.25, 0.3) is 10.9 Å². The number of hydrogen-bond acceptors (Lipinski definition) is 2. The Morgan fingerprint density at radius 3 is 2.75 bits per heavy atom. The van der Waals surface area contributed by atoms with Crippen LogP contribution in [-0.4, -0.2) is 9.55 Å². The fraction of sp³-hybridized carbons (Fsp3) is 0.273. The number of fused-ring (bicyclic) bond motifs is 1. The first kappa shape index (κ1) is 9.84. The van der Waals surface area contributed by atoms with Gasteiger partial charge in [-0.05, 0) is 31.0 Å². The number of nitrogens with one attached hydrogen (secondary N) is 1. The minimum absolute atomic E-state index is 0.101. The average Bonchev–Trinajstić information content (AvgIpc) is 3.01. The quantitative estimate of drug-likeness (QED) is 0.866. The maximum absolute atomic E-state index is 12.1. The van der Waals surface area contributed by atoms with Gasteiger partial charge in [0, 0.05) is 10.5 Å². The molecule has 1 aromatic heterocycles. The largest absolute Gasteiger partial charge is 0.329 e. The summed E-state index contributed by atoms with van der Waals surface area (Å²) in [5.74, 6) is 0. The van der Waals surface area contributed by atoms with E-state index in [-0.39, 0.29) is 17.3 Å². The van der Waals surface area contributed by atoms with Crippen molar-refractivity contribution in [1.29, 1.82) is 0 Å². The Hall–Kier alpha value is -1.36. The van der Waals surface area contributed by atoms with E-state index in [1.165, 1.54) is 4.57 Å². The lowest BCUT2D eigenvalue weighted by Crippen LogP contribution is -2.34. The fourth-order valence-corrected chi connectivity index (χ4v) is 2.23. The number of halogens is 1. The number of H-pyrrole nitrogens is 1. The van der Waals surface area contributed by atoms with Crippen LogP contribution in [0.5, 0.6) is 0 Å². The molecule has 0 saturated heterocycles. The Labute approximate surface area is 99.0 Å². The summed E-state index contributed by atoms with van der Waals surface area (Å²) in [5.41, 5.74) is 0.0909. The van der Waals surface area contributed by atoms with Crippen molar-refractivity contribution < 1.29 is 0 Å². The molecule has 5 heteroatoms. The van der Waals surface area contributed by atoms with E-state index in [0.717, 1.165) is 17.3 Å². The molecule has 2 aromatic rings. The summed E-state index contributed by atoms with van der Waals surface area (Å²) >= 11 is 3.31. The SMILES string of the molecule is O=c1[nH]c2cc(Br)ccc2c(=O)n1C1CC1. The van der Waals surface area contributed by atoms with Crippen molar-refractivity contribution in [2.45, 2.75) is 18.9 Å². The van der Waals surface area contributed by atoms with E-state index in [9.17, 15) is 9.59 Å². The molecule has 1 fully saturated rings. The highest BCUT2D eigenvalue weighted by atomic mass is 79.9. The zero-order valence-electron chi connectivity index (χ0n) is 8.37. The number of benzene rings is 1. The average molecular weight is 281 g/mol. The van der Waals surface area contributed by atoms with Gasteiger partial charge in [0.05, 0.1) is 10.9 Å². The van der Waals surface area contributed by atoms with Gasteiger partial charge >= 0.3 is 5.69 Å². The molecule has 0 unspecified atom stereocenters. The van der Waals surface area contributed by atoms with Crippen molar-refractivity contribution in [3.63, 3.8) is 0 Å². The molecule has 0 amide bonds. The molecule has 1 saturated carbocycles. The van der Waals surface area contributed by atoms with E-state index in [2.05, 4.69) is 20.9 Å². The van der Waals surface area contributed by atoms with Crippen molar-refractivity contribution in [3.05, 3.63) is 43.5 Å². The van der Waals surface area contributed by atoms with Crippen LogP contribution < -0.4 is 11.2 Å². The second kappa shape index (κ2) is 3.31. The predicted octanol–water partition coefficient (Wildman–Crippen LogP) is 1.79.